The minimum absolute atomic E-state index is 0.0264. The highest BCUT2D eigenvalue weighted by Crippen LogP contribution is 2.20. The van der Waals surface area contributed by atoms with E-state index in [9.17, 15) is 18.0 Å². The van der Waals surface area contributed by atoms with Crippen LogP contribution in [0, 0.1) is 6.92 Å². The van der Waals surface area contributed by atoms with Gasteiger partial charge in [-0.25, -0.2) is 23.0 Å². The number of ether oxygens (including phenoxy) is 2. The molecule has 1 heterocycles. The number of rotatable bonds is 9. The van der Waals surface area contributed by atoms with Gasteiger partial charge in [0.05, 0.1) is 17.8 Å². The highest BCUT2D eigenvalue weighted by Gasteiger charge is 2.36. The first-order chi connectivity index (χ1) is 13.8. The lowest BCUT2D eigenvalue weighted by molar-refractivity contribution is -0.144. The summed E-state index contributed by atoms with van der Waals surface area (Å²) < 4.78 is 36.4. The summed E-state index contributed by atoms with van der Waals surface area (Å²) in [5.74, 6) is -1.03. The maximum absolute atomic E-state index is 13.0. The molecule has 0 fully saturated rings. The molecule has 2 rings (SSSR count). The average Bonchev–Trinajstić information content (AvgIpc) is 3.19. The van der Waals surface area contributed by atoms with Crippen LogP contribution < -0.4 is 0 Å². The molecule has 0 amide bonds. The molecule has 0 saturated carbocycles. The first-order valence-corrected chi connectivity index (χ1v) is 10.6. The number of H-pyrrole nitrogens is 1. The molecule has 158 valence electrons. The molecule has 0 radical (unpaired) electrons. The van der Waals surface area contributed by atoms with Crippen molar-refractivity contribution in [2.24, 2.45) is 0 Å². The van der Waals surface area contributed by atoms with Crippen molar-refractivity contribution >= 4 is 22.1 Å². The van der Waals surface area contributed by atoms with E-state index in [0.717, 1.165) is 16.3 Å². The number of nitrogens with zero attached hydrogens (tertiary/aromatic N) is 2. The maximum Gasteiger partial charge on any atom is 0.516 e. The fraction of sp³-hybridized carbons (Fsp3) is 0.421. The van der Waals surface area contributed by atoms with Gasteiger partial charge in [-0.1, -0.05) is 31.0 Å². The zero-order chi connectivity index (χ0) is 21.4. The number of aryl methyl sites for hydroxylation is 1. The molecule has 9 nitrogen and oxygen atoms in total. The number of unbranched alkanes of at least 4 members (excludes halogenated alkanes) is 1. The van der Waals surface area contributed by atoms with Crippen LogP contribution in [0.3, 0.4) is 0 Å². The first kappa shape index (κ1) is 22.6. The van der Waals surface area contributed by atoms with E-state index < -0.39 is 28.2 Å². The third-order valence-corrected chi connectivity index (χ3v) is 6.16. The molecule has 0 aliphatic carbocycles. The molecule has 1 aromatic carbocycles. The Morgan fingerprint density at radius 3 is 2.52 bits per heavy atom. The van der Waals surface area contributed by atoms with Gasteiger partial charge in [0, 0.05) is 25.4 Å². The summed E-state index contributed by atoms with van der Waals surface area (Å²) in [4.78, 5) is 31.1. The van der Waals surface area contributed by atoms with Crippen LogP contribution in [0.15, 0.2) is 41.7 Å². The number of sulfonamides is 1. The van der Waals surface area contributed by atoms with Crippen LogP contribution in [-0.4, -0.2) is 54.5 Å². The number of likely N-dealkylation sites (N-methyl/N-ethyl adjacent to an activating group) is 1. The largest absolute Gasteiger partial charge is 0.516 e. The maximum atomic E-state index is 13.0. The molecule has 0 aliphatic rings. The highest BCUT2D eigenvalue weighted by atomic mass is 32.2. The van der Waals surface area contributed by atoms with Gasteiger partial charge >= 0.3 is 12.1 Å². The SMILES string of the molecule is CCCCOC(=O)OC(=O)[C@H](Cc1cnc[nH]1)N(C)S(=O)(=O)c1ccc(C)cc1. The molecule has 10 heteroatoms. The second kappa shape index (κ2) is 10.2. The highest BCUT2D eigenvalue weighted by molar-refractivity contribution is 7.89. The van der Waals surface area contributed by atoms with E-state index in [1.54, 1.807) is 12.1 Å². The number of aromatic nitrogens is 2. The van der Waals surface area contributed by atoms with Crippen LogP contribution in [0.4, 0.5) is 4.79 Å². The summed E-state index contributed by atoms with van der Waals surface area (Å²) in [6, 6.07) is 4.94. The van der Waals surface area contributed by atoms with Crippen molar-refractivity contribution in [2.75, 3.05) is 13.7 Å². The quantitative estimate of drug-likeness (QED) is 0.374. The van der Waals surface area contributed by atoms with E-state index in [1.807, 2.05) is 13.8 Å². The van der Waals surface area contributed by atoms with Crippen molar-refractivity contribution in [1.82, 2.24) is 14.3 Å². The Bertz CT molecular complexity index is 910. The monoisotopic (exact) mass is 423 g/mol. The summed E-state index contributed by atoms with van der Waals surface area (Å²) >= 11 is 0. The fourth-order valence-electron chi connectivity index (χ4n) is 2.49. The van der Waals surface area contributed by atoms with Gasteiger partial charge < -0.3 is 14.5 Å². The van der Waals surface area contributed by atoms with Gasteiger partial charge in [0.25, 0.3) is 0 Å². The second-order valence-electron chi connectivity index (χ2n) is 6.50. The molecule has 0 saturated heterocycles. The van der Waals surface area contributed by atoms with Crippen molar-refractivity contribution in [1.29, 1.82) is 0 Å². The van der Waals surface area contributed by atoms with Gasteiger partial charge in [-0.15, -0.1) is 0 Å². The van der Waals surface area contributed by atoms with Gasteiger partial charge in [0.1, 0.15) is 6.04 Å². The summed E-state index contributed by atoms with van der Waals surface area (Å²) in [6.07, 6.45) is 3.10. The van der Waals surface area contributed by atoms with Gasteiger partial charge in [-0.2, -0.15) is 4.31 Å². The normalized spacial score (nSPS) is 12.6. The predicted molar refractivity (Wildman–Crippen MR) is 105 cm³/mol. The van der Waals surface area contributed by atoms with Crippen LogP contribution in [0.2, 0.25) is 0 Å². The Labute approximate surface area is 170 Å². The van der Waals surface area contributed by atoms with E-state index in [-0.39, 0.29) is 17.9 Å². The van der Waals surface area contributed by atoms with Crippen LogP contribution in [-0.2, 0) is 30.7 Å². The molecule has 29 heavy (non-hydrogen) atoms. The van der Waals surface area contributed by atoms with E-state index in [0.29, 0.717) is 12.1 Å². The number of benzene rings is 1. The number of carbonyl (C=O) groups excluding carboxylic acids is 2. The third kappa shape index (κ3) is 6.13. The van der Waals surface area contributed by atoms with Crippen LogP contribution in [0.5, 0.6) is 0 Å². The number of imidazole rings is 1. The standard InChI is InChI=1S/C19H25N3O6S/c1-4-5-10-27-19(24)28-18(23)17(11-15-12-20-13-21-15)22(3)29(25,26)16-8-6-14(2)7-9-16/h6-9,12-13,17H,4-5,10-11H2,1-3H3,(H,20,21)/t17-/m0/s1. The molecule has 0 bridgehead atoms. The van der Waals surface area contributed by atoms with Crippen LogP contribution >= 0.6 is 0 Å². The first-order valence-electron chi connectivity index (χ1n) is 9.16. The van der Waals surface area contributed by atoms with Crippen molar-refractivity contribution < 1.29 is 27.5 Å². The Kier molecular flexibility index (Phi) is 7.91. The van der Waals surface area contributed by atoms with Gasteiger partial charge in [0.2, 0.25) is 10.0 Å². The number of hydrogen-bond acceptors (Lipinski definition) is 7. The molecule has 2 aromatic rings. The Hall–Kier alpha value is -2.72. The summed E-state index contributed by atoms with van der Waals surface area (Å²) in [5, 5.41) is 0. The zero-order valence-corrected chi connectivity index (χ0v) is 17.4. The van der Waals surface area contributed by atoms with Crippen LogP contribution in [0.25, 0.3) is 0 Å². The lowest BCUT2D eigenvalue weighted by atomic mass is 10.2. The molecule has 0 spiro atoms. The van der Waals surface area contributed by atoms with Gasteiger partial charge in [-0.3, -0.25) is 0 Å². The molecule has 1 aromatic heterocycles. The lowest BCUT2D eigenvalue weighted by Crippen LogP contribution is -2.45. The molecule has 1 N–H and O–H groups in total. The lowest BCUT2D eigenvalue weighted by Gasteiger charge is -2.25. The summed E-state index contributed by atoms with van der Waals surface area (Å²) in [6.45, 7) is 3.87. The number of aromatic amines is 1. The molecule has 0 unspecified atom stereocenters. The number of hydrogen-bond donors (Lipinski definition) is 1. The van der Waals surface area contributed by atoms with Crippen molar-refractivity contribution in [3.8, 4) is 0 Å². The third-order valence-electron chi connectivity index (χ3n) is 4.28. The van der Waals surface area contributed by atoms with Crippen molar-refractivity contribution in [3.05, 3.63) is 48.0 Å². The predicted octanol–water partition coefficient (Wildman–Crippen LogP) is 2.43. The summed E-state index contributed by atoms with van der Waals surface area (Å²) in [5.41, 5.74) is 1.41. The molecule has 1 atom stereocenters. The van der Waals surface area contributed by atoms with Gasteiger partial charge in [-0.05, 0) is 25.5 Å². The van der Waals surface area contributed by atoms with Crippen molar-refractivity contribution in [3.63, 3.8) is 0 Å². The number of esters is 1. The van der Waals surface area contributed by atoms with E-state index >= 15 is 0 Å². The number of carbonyl (C=O) groups is 2. The Balaban J connectivity index is 2.23. The number of nitrogens with one attached hydrogen (secondary N) is 1. The van der Waals surface area contributed by atoms with Gasteiger partial charge in [0.15, 0.2) is 0 Å². The van der Waals surface area contributed by atoms with E-state index in [1.165, 1.54) is 31.7 Å². The minimum Gasteiger partial charge on any atom is -0.434 e. The fourth-order valence-corrected chi connectivity index (χ4v) is 3.80. The molecule has 0 aliphatic heterocycles. The van der Waals surface area contributed by atoms with Crippen LogP contribution in [0.1, 0.15) is 31.0 Å². The Morgan fingerprint density at radius 1 is 1.24 bits per heavy atom. The van der Waals surface area contributed by atoms with Crippen molar-refractivity contribution in [2.45, 2.75) is 44.0 Å². The Morgan fingerprint density at radius 2 is 1.93 bits per heavy atom. The topological polar surface area (TPSA) is 119 Å². The second-order valence-corrected chi connectivity index (χ2v) is 8.50. The smallest absolute Gasteiger partial charge is 0.434 e. The zero-order valence-electron chi connectivity index (χ0n) is 16.6. The van der Waals surface area contributed by atoms with E-state index in [2.05, 4.69) is 9.97 Å². The average molecular weight is 423 g/mol. The van der Waals surface area contributed by atoms with E-state index in [4.69, 9.17) is 9.47 Å². The summed E-state index contributed by atoms with van der Waals surface area (Å²) in [7, 11) is -2.75. The minimum atomic E-state index is -4.01. The molecular formula is C19H25N3O6S. The molecular weight excluding hydrogens is 398 g/mol.